The summed E-state index contributed by atoms with van der Waals surface area (Å²) in [6, 6.07) is 5.36. The van der Waals surface area contributed by atoms with Crippen LogP contribution in [0.3, 0.4) is 0 Å². The van der Waals surface area contributed by atoms with Gasteiger partial charge >= 0.3 is 0 Å². The van der Waals surface area contributed by atoms with Crippen LogP contribution in [0.4, 0.5) is 0 Å². The quantitative estimate of drug-likeness (QED) is 0.790. The van der Waals surface area contributed by atoms with E-state index >= 15 is 0 Å². The second-order valence-corrected chi connectivity index (χ2v) is 5.18. The lowest BCUT2D eigenvalue weighted by atomic mass is 10.1. The van der Waals surface area contributed by atoms with Crippen LogP contribution in [0.25, 0.3) is 11.0 Å². The highest BCUT2D eigenvalue weighted by molar-refractivity contribution is 7.71. The highest BCUT2D eigenvalue weighted by atomic mass is 35.5. The van der Waals surface area contributed by atoms with Gasteiger partial charge in [-0.25, -0.2) is 0 Å². The zero-order valence-electron chi connectivity index (χ0n) is 9.57. The second kappa shape index (κ2) is 4.40. The molecular formula is C12H12ClN3OS. The number of H-pyrrole nitrogens is 1. The summed E-state index contributed by atoms with van der Waals surface area (Å²) < 4.78 is 2.41. The van der Waals surface area contributed by atoms with Crippen LogP contribution in [0, 0.1) is 4.77 Å². The van der Waals surface area contributed by atoms with E-state index in [0.29, 0.717) is 9.79 Å². The molecule has 1 unspecified atom stereocenters. The van der Waals surface area contributed by atoms with Crippen LogP contribution in [0.5, 0.6) is 0 Å². The van der Waals surface area contributed by atoms with Crippen molar-refractivity contribution in [2.45, 2.75) is 18.9 Å². The molecular weight excluding hydrogens is 270 g/mol. The maximum absolute atomic E-state index is 11.9. The molecule has 18 heavy (non-hydrogen) atoms. The van der Waals surface area contributed by atoms with Gasteiger partial charge in [0, 0.05) is 6.54 Å². The molecule has 1 aliphatic rings. The van der Waals surface area contributed by atoms with Crippen molar-refractivity contribution in [2.24, 2.45) is 0 Å². The van der Waals surface area contributed by atoms with E-state index in [1.807, 2.05) is 16.7 Å². The van der Waals surface area contributed by atoms with Crippen molar-refractivity contribution in [3.05, 3.63) is 28.0 Å². The van der Waals surface area contributed by atoms with E-state index in [9.17, 15) is 4.79 Å². The smallest absolute Gasteiger partial charge is 0.243 e. The first-order valence-corrected chi connectivity index (χ1v) is 6.63. The van der Waals surface area contributed by atoms with Gasteiger partial charge in [-0.3, -0.25) is 4.79 Å². The summed E-state index contributed by atoms with van der Waals surface area (Å²) in [6.45, 7) is 0.742. The Balaban J connectivity index is 2.22. The maximum Gasteiger partial charge on any atom is 0.243 e. The van der Waals surface area contributed by atoms with Gasteiger partial charge in [0.15, 0.2) is 4.77 Å². The number of piperidine rings is 1. The first-order chi connectivity index (χ1) is 8.68. The average Bonchev–Trinajstić information content (AvgIpc) is 2.68. The van der Waals surface area contributed by atoms with Crippen LogP contribution in [-0.4, -0.2) is 22.0 Å². The number of carbonyl (C=O) groups excluding carboxylic acids is 1. The Morgan fingerprint density at radius 2 is 2.28 bits per heavy atom. The number of fused-ring (bicyclic) bond motifs is 1. The predicted molar refractivity (Wildman–Crippen MR) is 73.4 cm³/mol. The summed E-state index contributed by atoms with van der Waals surface area (Å²) in [5.74, 6) is 0.0261. The molecule has 94 valence electrons. The van der Waals surface area contributed by atoms with E-state index in [-0.39, 0.29) is 11.9 Å². The minimum atomic E-state index is -0.238. The average molecular weight is 282 g/mol. The fourth-order valence-electron chi connectivity index (χ4n) is 2.43. The number of hydrogen-bond donors (Lipinski definition) is 2. The Hall–Kier alpha value is -1.33. The summed E-state index contributed by atoms with van der Waals surface area (Å²) in [6.07, 6.45) is 1.77. The Morgan fingerprint density at radius 1 is 1.44 bits per heavy atom. The molecule has 1 fully saturated rings. The van der Waals surface area contributed by atoms with E-state index in [1.54, 1.807) is 6.07 Å². The number of para-hydroxylation sites is 1. The monoisotopic (exact) mass is 281 g/mol. The van der Waals surface area contributed by atoms with Crippen molar-refractivity contribution in [3.8, 4) is 0 Å². The SMILES string of the molecule is O=C1NCCCC1n1c(=S)[nH]c2c(Cl)cccc21. The first-order valence-electron chi connectivity index (χ1n) is 5.85. The molecule has 2 aromatic rings. The van der Waals surface area contributed by atoms with Gasteiger partial charge in [-0.1, -0.05) is 17.7 Å². The van der Waals surface area contributed by atoms with Gasteiger partial charge in [-0.15, -0.1) is 0 Å². The van der Waals surface area contributed by atoms with E-state index in [0.717, 1.165) is 30.4 Å². The third-order valence-electron chi connectivity index (χ3n) is 3.27. The Kier molecular flexibility index (Phi) is 2.87. The molecule has 2 N–H and O–H groups in total. The molecule has 0 radical (unpaired) electrons. The number of nitrogens with zero attached hydrogens (tertiary/aromatic N) is 1. The lowest BCUT2D eigenvalue weighted by Crippen LogP contribution is -2.37. The molecule has 1 saturated heterocycles. The molecule has 0 aliphatic carbocycles. The molecule has 1 aliphatic heterocycles. The molecule has 0 bridgehead atoms. The number of aromatic amines is 1. The van der Waals surface area contributed by atoms with Gasteiger partial charge < -0.3 is 14.9 Å². The van der Waals surface area contributed by atoms with E-state index in [1.165, 1.54) is 0 Å². The van der Waals surface area contributed by atoms with E-state index in [4.69, 9.17) is 23.8 Å². The largest absolute Gasteiger partial charge is 0.354 e. The number of aromatic nitrogens is 2. The van der Waals surface area contributed by atoms with Crippen LogP contribution in [0.2, 0.25) is 5.02 Å². The van der Waals surface area contributed by atoms with Crippen LogP contribution >= 0.6 is 23.8 Å². The van der Waals surface area contributed by atoms with Crippen LogP contribution < -0.4 is 5.32 Å². The Labute approximate surface area is 114 Å². The maximum atomic E-state index is 11.9. The van der Waals surface area contributed by atoms with Crippen LogP contribution in [-0.2, 0) is 4.79 Å². The lowest BCUT2D eigenvalue weighted by molar-refractivity contribution is -0.125. The molecule has 3 rings (SSSR count). The third-order valence-corrected chi connectivity index (χ3v) is 3.88. The van der Waals surface area contributed by atoms with Crippen molar-refractivity contribution in [1.82, 2.24) is 14.9 Å². The van der Waals surface area contributed by atoms with E-state index in [2.05, 4.69) is 10.3 Å². The van der Waals surface area contributed by atoms with Crippen molar-refractivity contribution in [1.29, 1.82) is 0 Å². The zero-order valence-corrected chi connectivity index (χ0v) is 11.1. The minimum Gasteiger partial charge on any atom is -0.354 e. The van der Waals surface area contributed by atoms with Crippen LogP contribution in [0.1, 0.15) is 18.9 Å². The Bertz CT molecular complexity index is 676. The van der Waals surface area contributed by atoms with Gasteiger partial charge in [0.05, 0.1) is 16.1 Å². The van der Waals surface area contributed by atoms with Gasteiger partial charge in [-0.05, 0) is 37.2 Å². The molecule has 1 aromatic heterocycles. The Morgan fingerprint density at radius 3 is 3.06 bits per heavy atom. The van der Waals surface area contributed by atoms with E-state index < -0.39 is 0 Å². The topological polar surface area (TPSA) is 49.8 Å². The van der Waals surface area contributed by atoms with Gasteiger partial charge in [0.25, 0.3) is 0 Å². The lowest BCUT2D eigenvalue weighted by Gasteiger charge is -2.23. The zero-order chi connectivity index (χ0) is 12.7. The van der Waals surface area contributed by atoms with Crippen molar-refractivity contribution >= 4 is 40.8 Å². The first kappa shape index (κ1) is 11.7. The number of rotatable bonds is 1. The normalized spacial score (nSPS) is 20.1. The fourth-order valence-corrected chi connectivity index (χ4v) is 2.97. The fraction of sp³-hybridized carbons (Fsp3) is 0.333. The van der Waals surface area contributed by atoms with Crippen molar-refractivity contribution < 1.29 is 4.79 Å². The molecule has 1 amide bonds. The molecule has 6 heteroatoms. The summed E-state index contributed by atoms with van der Waals surface area (Å²) in [5.41, 5.74) is 1.68. The number of benzene rings is 1. The highest BCUT2D eigenvalue weighted by Crippen LogP contribution is 2.28. The predicted octanol–water partition coefficient (Wildman–Crippen LogP) is 2.80. The summed E-state index contributed by atoms with van der Waals surface area (Å²) >= 11 is 11.4. The molecule has 1 aromatic carbocycles. The second-order valence-electron chi connectivity index (χ2n) is 4.38. The summed E-state index contributed by atoms with van der Waals surface area (Å²) in [4.78, 5) is 15.0. The third kappa shape index (κ3) is 1.74. The molecule has 1 atom stereocenters. The number of hydrogen-bond acceptors (Lipinski definition) is 2. The molecule has 0 spiro atoms. The van der Waals surface area contributed by atoms with Gasteiger partial charge in [0.2, 0.25) is 5.91 Å². The summed E-state index contributed by atoms with van der Waals surface area (Å²) in [5, 5.41) is 3.49. The number of amides is 1. The number of nitrogens with one attached hydrogen (secondary N) is 2. The van der Waals surface area contributed by atoms with Gasteiger partial charge in [0.1, 0.15) is 6.04 Å². The van der Waals surface area contributed by atoms with Crippen molar-refractivity contribution in [3.63, 3.8) is 0 Å². The molecule has 0 saturated carbocycles. The van der Waals surface area contributed by atoms with Gasteiger partial charge in [-0.2, -0.15) is 0 Å². The summed E-state index contributed by atoms with van der Waals surface area (Å²) in [7, 11) is 0. The number of carbonyl (C=O) groups is 1. The molecule has 2 heterocycles. The van der Waals surface area contributed by atoms with Crippen LogP contribution in [0.15, 0.2) is 18.2 Å². The minimum absolute atomic E-state index is 0.0261. The highest BCUT2D eigenvalue weighted by Gasteiger charge is 2.26. The standard InChI is InChI=1S/C12H12ClN3OS/c13-7-3-1-4-8-10(7)15-12(18)16(8)9-5-2-6-14-11(9)17/h1,3-4,9H,2,5-6H2,(H,14,17)(H,15,18). The number of imidazole rings is 1. The molecule has 4 nitrogen and oxygen atoms in total. The van der Waals surface area contributed by atoms with Crippen molar-refractivity contribution in [2.75, 3.05) is 6.54 Å². The number of halogens is 1.